The molecule has 0 saturated carbocycles. The molecule has 5 heteroatoms. The van der Waals surface area contributed by atoms with Gasteiger partial charge in [0.2, 0.25) is 0 Å². The molecule has 2 unspecified atom stereocenters. The van der Waals surface area contributed by atoms with Crippen LogP contribution in [0, 0.1) is 6.92 Å². The van der Waals surface area contributed by atoms with Crippen molar-refractivity contribution in [3.63, 3.8) is 0 Å². The van der Waals surface area contributed by atoms with Crippen molar-refractivity contribution in [3.8, 4) is 0 Å². The van der Waals surface area contributed by atoms with Crippen molar-refractivity contribution in [3.05, 3.63) is 35.4 Å². The number of nitrogens with one attached hydrogen (secondary N) is 1. The standard InChI is InChI=1S/C16H26N2O3/c1-12-4-6-13(7-5-12)16(21)14(8-9-15(19)20)17-10-11-18(2)3/h4-7,14,16-17,21H,8-11H2,1-3H3,(H,19,20). The van der Waals surface area contributed by atoms with Crippen LogP contribution in [0.2, 0.25) is 0 Å². The number of likely N-dealkylation sites (N-methyl/N-ethyl adjacent to an activating group) is 1. The average Bonchev–Trinajstić information content (AvgIpc) is 2.42. The molecule has 0 radical (unpaired) electrons. The third-order valence-corrected chi connectivity index (χ3v) is 3.43. The van der Waals surface area contributed by atoms with E-state index in [9.17, 15) is 9.90 Å². The number of aliphatic carboxylic acids is 1. The van der Waals surface area contributed by atoms with E-state index in [2.05, 4.69) is 5.32 Å². The van der Waals surface area contributed by atoms with E-state index in [4.69, 9.17) is 5.11 Å². The van der Waals surface area contributed by atoms with Crippen LogP contribution < -0.4 is 5.32 Å². The molecular weight excluding hydrogens is 268 g/mol. The highest BCUT2D eigenvalue weighted by Gasteiger charge is 2.21. The van der Waals surface area contributed by atoms with E-state index in [1.165, 1.54) is 0 Å². The molecule has 1 aromatic rings. The molecule has 0 bridgehead atoms. The Hall–Kier alpha value is -1.43. The SMILES string of the molecule is Cc1ccc(C(O)C(CCC(=O)O)NCCN(C)C)cc1. The van der Waals surface area contributed by atoms with Gasteiger partial charge in [-0.25, -0.2) is 0 Å². The zero-order chi connectivity index (χ0) is 15.8. The van der Waals surface area contributed by atoms with Crippen molar-refractivity contribution in [2.45, 2.75) is 31.9 Å². The smallest absolute Gasteiger partial charge is 0.303 e. The minimum atomic E-state index is -0.842. The molecular formula is C16H26N2O3. The number of rotatable bonds is 9. The van der Waals surface area contributed by atoms with Crippen molar-refractivity contribution in [1.29, 1.82) is 0 Å². The number of benzene rings is 1. The van der Waals surface area contributed by atoms with E-state index in [0.29, 0.717) is 13.0 Å². The van der Waals surface area contributed by atoms with Crippen molar-refractivity contribution in [2.75, 3.05) is 27.2 Å². The average molecular weight is 294 g/mol. The highest BCUT2D eigenvalue weighted by atomic mass is 16.4. The lowest BCUT2D eigenvalue weighted by Crippen LogP contribution is -2.39. The number of aliphatic hydroxyl groups excluding tert-OH is 1. The van der Waals surface area contributed by atoms with Crippen LogP contribution in [0.5, 0.6) is 0 Å². The molecule has 0 spiro atoms. The van der Waals surface area contributed by atoms with E-state index in [1.807, 2.05) is 50.2 Å². The molecule has 0 fully saturated rings. The molecule has 1 rings (SSSR count). The number of carboxylic acids is 1. The molecule has 0 aromatic heterocycles. The summed E-state index contributed by atoms with van der Waals surface area (Å²) in [4.78, 5) is 12.8. The largest absolute Gasteiger partial charge is 0.481 e. The van der Waals surface area contributed by atoms with Gasteiger partial charge in [0.15, 0.2) is 0 Å². The van der Waals surface area contributed by atoms with Gasteiger partial charge in [0.1, 0.15) is 0 Å². The summed E-state index contributed by atoms with van der Waals surface area (Å²) in [5.41, 5.74) is 1.95. The van der Waals surface area contributed by atoms with Gasteiger partial charge in [0.25, 0.3) is 0 Å². The third kappa shape index (κ3) is 6.71. The number of carbonyl (C=O) groups is 1. The Morgan fingerprint density at radius 2 is 1.90 bits per heavy atom. The summed E-state index contributed by atoms with van der Waals surface area (Å²) in [7, 11) is 3.95. The van der Waals surface area contributed by atoms with E-state index in [-0.39, 0.29) is 12.5 Å². The van der Waals surface area contributed by atoms with E-state index in [1.54, 1.807) is 0 Å². The number of hydrogen-bond donors (Lipinski definition) is 3. The minimum absolute atomic E-state index is 0.0442. The Kier molecular flexibility index (Phi) is 7.36. The first-order valence-electron chi connectivity index (χ1n) is 7.24. The number of carboxylic acid groups (broad SMARTS) is 1. The molecule has 0 aliphatic rings. The van der Waals surface area contributed by atoms with Crippen molar-refractivity contribution in [2.24, 2.45) is 0 Å². The van der Waals surface area contributed by atoms with Gasteiger partial charge in [-0.2, -0.15) is 0 Å². The second-order valence-corrected chi connectivity index (χ2v) is 5.65. The first-order valence-corrected chi connectivity index (χ1v) is 7.24. The normalized spacial score (nSPS) is 14.1. The summed E-state index contributed by atoms with van der Waals surface area (Å²) in [5, 5.41) is 22.6. The Bertz CT molecular complexity index is 432. The summed E-state index contributed by atoms with van der Waals surface area (Å²) in [6, 6.07) is 7.42. The fraction of sp³-hybridized carbons (Fsp3) is 0.562. The molecule has 21 heavy (non-hydrogen) atoms. The summed E-state index contributed by atoms with van der Waals surface area (Å²) in [6.45, 7) is 3.54. The quantitative estimate of drug-likeness (QED) is 0.642. The molecule has 0 aliphatic heterocycles. The van der Waals surface area contributed by atoms with Gasteiger partial charge in [-0.05, 0) is 33.0 Å². The van der Waals surface area contributed by atoms with Crippen molar-refractivity contribution >= 4 is 5.97 Å². The summed E-state index contributed by atoms with van der Waals surface area (Å²) >= 11 is 0. The highest BCUT2D eigenvalue weighted by molar-refractivity contribution is 5.66. The van der Waals surface area contributed by atoms with Crippen LogP contribution in [0.25, 0.3) is 0 Å². The Morgan fingerprint density at radius 3 is 2.43 bits per heavy atom. The van der Waals surface area contributed by atoms with Crippen LogP contribution >= 0.6 is 0 Å². The zero-order valence-electron chi connectivity index (χ0n) is 13.0. The number of nitrogens with zero attached hydrogens (tertiary/aromatic N) is 1. The van der Waals surface area contributed by atoms with Crippen molar-refractivity contribution < 1.29 is 15.0 Å². The topological polar surface area (TPSA) is 72.8 Å². The Labute approximate surface area is 126 Å². The summed E-state index contributed by atoms with van der Waals surface area (Å²) in [5.74, 6) is -0.842. The van der Waals surface area contributed by atoms with E-state index >= 15 is 0 Å². The number of hydrogen-bond acceptors (Lipinski definition) is 4. The Balaban J connectivity index is 2.68. The highest BCUT2D eigenvalue weighted by Crippen LogP contribution is 2.20. The fourth-order valence-electron chi connectivity index (χ4n) is 2.12. The predicted octanol–water partition coefficient (Wildman–Crippen LogP) is 1.41. The van der Waals surface area contributed by atoms with Gasteiger partial charge in [-0.15, -0.1) is 0 Å². The lowest BCUT2D eigenvalue weighted by atomic mass is 9.97. The molecule has 3 N–H and O–H groups in total. The first kappa shape index (κ1) is 17.6. The maximum Gasteiger partial charge on any atom is 0.303 e. The van der Waals surface area contributed by atoms with Gasteiger partial charge in [-0.1, -0.05) is 29.8 Å². The number of aliphatic hydroxyl groups is 1. The van der Waals surface area contributed by atoms with Crippen LogP contribution in [-0.2, 0) is 4.79 Å². The van der Waals surface area contributed by atoms with Gasteiger partial charge in [0, 0.05) is 25.6 Å². The van der Waals surface area contributed by atoms with Crippen LogP contribution in [0.1, 0.15) is 30.1 Å². The minimum Gasteiger partial charge on any atom is -0.481 e. The molecule has 0 saturated heterocycles. The maximum absolute atomic E-state index is 10.8. The molecule has 0 aliphatic carbocycles. The number of aryl methyl sites for hydroxylation is 1. The lowest BCUT2D eigenvalue weighted by molar-refractivity contribution is -0.137. The second kappa shape index (κ2) is 8.77. The van der Waals surface area contributed by atoms with Gasteiger partial charge in [-0.3, -0.25) is 4.79 Å². The fourth-order valence-corrected chi connectivity index (χ4v) is 2.12. The maximum atomic E-state index is 10.8. The van der Waals surface area contributed by atoms with E-state index < -0.39 is 12.1 Å². The molecule has 1 aromatic carbocycles. The summed E-state index contributed by atoms with van der Waals surface area (Å²) in [6.07, 6.45) is -0.257. The van der Waals surface area contributed by atoms with Crippen molar-refractivity contribution in [1.82, 2.24) is 10.2 Å². The predicted molar refractivity (Wildman–Crippen MR) is 83.4 cm³/mol. The zero-order valence-corrected chi connectivity index (χ0v) is 13.0. The van der Waals surface area contributed by atoms with Gasteiger partial charge < -0.3 is 20.4 Å². The molecule has 2 atom stereocenters. The third-order valence-electron chi connectivity index (χ3n) is 3.43. The first-order chi connectivity index (χ1) is 9.90. The molecule has 118 valence electrons. The monoisotopic (exact) mass is 294 g/mol. The van der Waals surface area contributed by atoms with Crippen LogP contribution in [0.15, 0.2) is 24.3 Å². The van der Waals surface area contributed by atoms with Gasteiger partial charge >= 0.3 is 5.97 Å². The lowest BCUT2D eigenvalue weighted by Gasteiger charge is -2.25. The molecule has 0 heterocycles. The molecule has 5 nitrogen and oxygen atoms in total. The molecule has 0 amide bonds. The van der Waals surface area contributed by atoms with Crippen LogP contribution in [0.3, 0.4) is 0 Å². The Morgan fingerprint density at radius 1 is 1.29 bits per heavy atom. The van der Waals surface area contributed by atoms with Gasteiger partial charge in [0.05, 0.1) is 6.10 Å². The van der Waals surface area contributed by atoms with Crippen LogP contribution in [0.4, 0.5) is 0 Å². The summed E-state index contributed by atoms with van der Waals surface area (Å²) < 4.78 is 0. The van der Waals surface area contributed by atoms with Crippen LogP contribution in [-0.4, -0.2) is 54.3 Å². The second-order valence-electron chi connectivity index (χ2n) is 5.65. The van der Waals surface area contributed by atoms with E-state index in [0.717, 1.165) is 17.7 Å².